The van der Waals surface area contributed by atoms with E-state index in [-0.39, 0.29) is 11.8 Å². The molecule has 0 unspecified atom stereocenters. The minimum absolute atomic E-state index is 0.187. The molecule has 4 aromatic rings. The second-order valence-corrected chi connectivity index (χ2v) is 7.81. The quantitative estimate of drug-likeness (QED) is 0.337. The Kier molecular flexibility index (Phi) is 5.91. The number of anilines is 4. The molecule has 168 valence electrons. The molecule has 0 aliphatic heterocycles. The lowest BCUT2D eigenvalue weighted by Crippen LogP contribution is -2.15. The van der Waals surface area contributed by atoms with E-state index < -0.39 is 0 Å². The highest BCUT2D eigenvalue weighted by atomic mass is 16.2. The Morgan fingerprint density at radius 3 is 1.76 bits per heavy atom. The summed E-state index contributed by atoms with van der Waals surface area (Å²) in [7, 11) is 5.47. The number of nitrogens with two attached hydrogens (primary N) is 1. The summed E-state index contributed by atoms with van der Waals surface area (Å²) in [6, 6.07) is 18.2. The number of carbonyl (C=O) groups excluding carboxylic acids is 2. The van der Waals surface area contributed by atoms with Gasteiger partial charge in [0.2, 0.25) is 0 Å². The van der Waals surface area contributed by atoms with Crippen molar-refractivity contribution in [2.75, 3.05) is 28.7 Å². The molecule has 2 aromatic heterocycles. The maximum Gasteiger partial charge on any atom is 0.272 e. The fourth-order valence-electron chi connectivity index (χ4n) is 3.58. The van der Waals surface area contributed by atoms with Gasteiger partial charge in [0, 0.05) is 56.2 Å². The summed E-state index contributed by atoms with van der Waals surface area (Å²) in [5.74, 6) is -0.394. The predicted molar refractivity (Wildman–Crippen MR) is 133 cm³/mol. The first-order valence-electron chi connectivity index (χ1n) is 10.4. The minimum Gasteiger partial charge on any atom is -0.399 e. The van der Waals surface area contributed by atoms with Crippen LogP contribution >= 0.6 is 0 Å². The number of aryl methyl sites for hydroxylation is 2. The van der Waals surface area contributed by atoms with Gasteiger partial charge in [0.05, 0.1) is 5.69 Å². The van der Waals surface area contributed by atoms with Gasteiger partial charge in [-0.15, -0.1) is 0 Å². The van der Waals surface area contributed by atoms with Crippen molar-refractivity contribution in [3.8, 4) is 11.1 Å². The molecule has 2 amide bonds. The van der Waals surface area contributed by atoms with E-state index in [1.165, 1.54) is 0 Å². The number of nitrogens with one attached hydrogen (secondary N) is 3. The molecule has 0 atom stereocenters. The van der Waals surface area contributed by atoms with E-state index in [4.69, 9.17) is 5.73 Å². The van der Waals surface area contributed by atoms with Crippen molar-refractivity contribution in [3.05, 3.63) is 84.4 Å². The largest absolute Gasteiger partial charge is 0.399 e. The molecule has 0 saturated heterocycles. The number of hydrogen-bond acceptors (Lipinski definition) is 4. The van der Waals surface area contributed by atoms with Crippen LogP contribution in [0.1, 0.15) is 21.0 Å². The molecule has 5 N–H and O–H groups in total. The zero-order chi connectivity index (χ0) is 23.5. The Morgan fingerprint density at radius 2 is 1.21 bits per heavy atom. The van der Waals surface area contributed by atoms with Gasteiger partial charge >= 0.3 is 0 Å². The highest BCUT2D eigenvalue weighted by Gasteiger charge is 2.14. The van der Waals surface area contributed by atoms with Crippen LogP contribution in [0.15, 0.2) is 73.1 Å². The molecule has 0 bridgehead atoms. The number of carbonyl (C=O) groups is 2. The first-order chi connectivity index (χ1) is 15.8. The Balaban J connectivity index is 1.46. The van der Waals surface area contributed by atoms with Gasteiger partial charge in [-0.1, -0.05) is 12.1 Å². The van der Waals surface area contributed by atoms with Gasteiger partial charge in [-0.05, 0) is 54.1 Å². The average Bonchev–Trinajstić information content (AvgIpc) is 3.38. The first kappa shape index (κ1) is 21.8. The van der Waals surface area contributed by atoms with E-state index in [0.717, 1.165) is 16.8 Å². The lowest BCUT2D eigenvalue weighted by Gasteiger charge is -2.07. The fourth-order valence-corrected chi connectivity index (χ4v) is 3.58. The second kappa shape index (κ2) is 8.96. The Bertz CT molecular complexity index is 1300. The van der Waals surface area contributed by atoms with E-state index in [9.17, 15) is 9.59 Å². The van der Waals surface area contributed by atoms with E-state index in [2.05, 4.69) is 16.0 Å². The molecule has 8 heteroatoms. The SMILES string of the molecule is CNc1cc(C(=O)Nc2ccc(-c3cc(C(=O)Nc4ccc(N)cc4)n(C)c3)cc2)n(C)c1. The molecule has 2 aromatic carbocycles. The summed E-state index contributed by atoms with van der Waals surface area (Å²) in [4.78, 5) is 25.3. The lowest BCUT2D eigenvalue weighted by molar-refractivity contribution is 0.101. The summed E-state index contributed by atoms with van der Waals surface area (Å²) in [5, 5.41) is 8.82. The Hall–Kier alpha value is -4.46. The van der Waals surface area contributed by atoms with Gasteiger partial charge in [-0.2, -0.15) is 0 Å². The van der Waals surface area contributed by atoms with Gasteiger partial charge in [-0.25, -0.2) is 0 Å². The van der Waals surface area contributed by atoms with Crippen molar-refractivity contribution >= 4 is 34.6 Å². The van der Waals surface area contributed by atoms with Crippen LogP contribution in [-0.4, -0.2) is 28.0 Å². The van der Waals surface area contributed by atoms with E-state index in [1.54, 1.807) is 39.5 Å². The predicted octanol–water partition coefficient (Wildman–Crippen LogP) is 4.16. The molecule has 0 radical (unpaired) electrons. The van der Waals surface area contributed by atoms with Crippen molar-refractivity contribution < 1.29 is 9.59 Å². The van der Waals surface area contributed by atoms with Gasteiger partial charge in [0.25, 0.3) is 11.8 Å². The molecule has 33 heavy (non-hydrogen) atoms. The van der Waals surface area contributed by atoms with Crippen molar-refractivity contribution in [1.29, 1.82) is 0 Å². The van der Waals surface area contributed by atoms with Crippen LogP contribution in [0.5, 0.6) is 0 Å². The molecule has 0 aliphatic carbocycles. The topological polar surface area (TPSA) is 106 Å². The Labute approximate surface area is 192 Å². The van der Waals surface area contributed by atoms with Crippen LogP contribution in [0.3, 0.4) is 0 Å². The number of benzene rings is 2. The fraction of sp³-hybridized carbons (Fsp3) is 0.120. The monoisotopic (exact) mass is 442 g/mol. The third-order valence-corrected chi connectivity index (χ3v) is 5.41. The molecule has 4 rings (SSSR count). The third kappa shape index (κ3) is 4.74. The summed E-state index contributed by atoms with van der Waals surface area (Å²) in [6.07, 6.45) is 3.75. The number of rotatable bonds is 6. The molecule has 0 fully saturated rings. The minimum atomic E-state index is -0.207. The highest BCUT2D eigenvalue weighted by molar-refractivity contribution is 6.05. The Morgan fingerprint density at radius 1 is 0.697 bits per heavy atom. The second-order valence-electron chi connectivity index (χ2n) is 7.81. The van der Waals surface area contributed by atoms with Gasteiger partial charge in [0.1, 0.15) is 11.4 Å². The standard InChI is InChI=1S/C25H26N6O2/c1-27-21-13-23(31(3)15-21)25(33)28-19-8-4-16(5-9-19)17-12-22(30(2)14-17)24(32)29-20-10-6-18(26)7-11-20/h4-15,27H,26H2,1-3H3,(H,28,33)(H,29,32). The van der Waals surface area contributed by atoms with Crippen LogP contribution in [0.25, 0.3) is 11.1 Å². The van der Waals surface area contributed by atoms with Gasteiger partial charge in [0.15, 0.2) is 0 Å². The highest BCUT2D eigenvalue weighted by Crippen LogP contribution is 2.25. The van der Waals surface area contributed by atoms with Crippen molar-refractivity contribution in [3.63, 3.8) is 0 Å². The van der Waals surface area contributed by atoms with Crippen LogP contribution in [-0.2, 0) is 14.1 Å². The van der Waals surface area contributed by atoms with Crippen molar-refractivity contribution in [2.24, 2.45) is 14.1 Å². The molecule has 0 spiro atoms. The van der Waals surface area contributed by atoms with Crippen LogP contribution < -0.4 is 21.7 Å². The van der Waals surface area contributed by atoms with Crippen molar-refractivity contribution in [2.45, 2.75) is 0 Å². The normalized spacial score (nSPS) is 10.6. The van der Waals surface area contributed by atoms with E-state index in [0.29, 0.717) is 28.5 Å². The van der Waals surface area contributed by atoms with Crippen LogP contribution in [0, 0.1) is 0 Å². The molecule has 8 nitrogen and oxygen atoms in total. The maximum atomic E-state index is 12.7. The summed E-state index contributed by atoms with van der Waals surface area (Å²) >= 11 is 0. The molecule has 2 heterocycles. The third-order valence-electron chi connectivity index (χ3n) is 5.41. The lowest BCUT2D eigenvalue weighted by atomic mass is 10.1. The van der Waals surface area contributed by atoms with E-state index >= 15 is 0 Å². The summed E-state index contributed by atoms with van der Waals surface area (Å²) in [6.45, 7) is 0. The molecule has 0 aliphatic rings. The van der Waals surface area contributed by atoms with E-state index in [1.807, 2.05) is 63.9 Å². The summed E-state index contributed by atoms with van der Waals surface area (Å²) in [5.41, 5.74) is 11.5. The zero-order valence-corrected chi connectivity index (χ0v) is 18.7. The maximum absolute atomic E-state index is 12.7. The van der Waals surface area contributed by atoms with Crippen molar-refractivity contribution in [1.82, 2.24) is 9.13 Å². The summed E-state index contributed by atoms with van der Waals surface area (Å²) < 4.78 is 3.56. The smallest absolute Gasteiger partial charge is 0.272 e. The number of nitrogen functional groups attached to an aromatic ring is 1. The number of amides is 2. The van der Waals surface area contributed by atoms with Crippen LogP contribution in [0.2, 0.25) is 0 Å². The zero-order valence-electron chi connectivity index (χ0n) is 18.7. The molecule has 0 saturated carbocycles. The van der Waals surface area contributed by atoms with Crippen LogP contribution in [0.4, 0.5) is 22.7 Å². The molecular weight excluding hydrogens is 416 g/mol. The van der Waals surface area contributed by atoms with Gasteiger partial charge < -0.3 is 30.8 Å². The number of aromatic nitrogens is 2. The molecular formula is C25H26N6O2. The van der Waals surface area contributed by atoms with Gasteiger partial charge in [-0.3, -0.25) is 9.59 Å². The number of hydrogen-bond donors (Lipinski definition) is 4. The average molecular weight is 443 g/mol. The first-order valence-corrected chi connectivity index (χ1v) is 10.4. The number of nitrogens with zero attached hydrogens (tertiary/aromatic N) is 2.